The fourth-order valence-electron chi connectivity index (χ4n) is 2.65. The molecule has 0 amide bonds. The average molecular weight is 284 g/mol. The van der Waals surface area contributed by atoms with Crippen LogP contribution in [0.5, 0.6) is 0 Å². The molecule has 19 heavy (non-hydrogen) atoms. The van der Waals surface area contributed by atoms with Gasteiger partial charge in [0, 0.05) is 32.0 Å². The molecular formula is C11H16N4O3S. The van der Waals surface area contributed by atoms with Crippen LogP contribution < -0.4 is 4.90 Å². The maximum absolute atomic E-state index is 11.6. The molecular weight excluding hydrogens is 268 g/mol. The Morgan fingerprint density at radius 1 is 1.37 bits per heavy atom. The quantitative estimate of drug-likeness (QED) is 0.716. The maximum atomic E-state index is 11.6. The first-order valence-corrected chi connectivity index (χ1v) is 8.00. The molecule has 0 spiro atoms. The second-order valence-corrected chi connectivity index (χ2v) is 6.80. The Labute approximate surface area is 112 Å². The van der Waals surface area contributed by atoms with Crippen LogP contribution >= 0.6 is 0 Å². The van der Waals surface area contributed by atoms with Crippen LogP contribution in [0, 0.1) is 0 Å². The van der Waals surface area contributed by atoms with E-state index in [9.17, 15) is 8.42 Å². The summed E-state index contributed by atoms with van der Waals surface area (Å²) < 4.78 is 30.4. The van der Waals surface area contributed by atoms with Crippen LogP contribution in [0.3, 0.4) is 0 Å². The second kappa shape index (κ2) is 4.69. The molecule has 2 atom stereocenters. The van der Waals surface area contributed by atoms with Gasteiger partial charge in [0.1, 0.15) is 5.82 Å². The van der Waals surface area contributed by atoms with Crippen LogP contribution in [0.25, 0.3) is 0 Å². The molecule has 3 heterocycles. The molecule has 1 aromatic heterocycles. The molecule has 0 unspecified atom stereocenters. The van der Waals surface area contributed by atoms with Crippen LogP contribution in [0.2, 0.25) is 0 Å². The minimum atomic E-state index is -3.18. The van der Waals surface area contributed by atoms with Gasteiger partial charge < -0.3 is 9.64 Å². The van der Waals surface area contributed by atoms with Gasteiger partial charge in [-0.2, -0.15) is 4.31 Å². The number of hydrogen-bond acceptors (Lipinski definition) is 6. The fourth-order valence-corrected chi connectivity index (χ4v) is 3.49. The van der Waals surface area contributed by atoms with E-state index in [2.05, 4.69) is 14.9 Å². The molecule has 2 aliphatic heterocycles. The maximum Gasteiger partial charge on any atom is 0.211 e. The summed E-state index contributed by atoms with van der Waals surface area (Å²) >= 11 is 0. The van der Waals surface area contributed by atoms with Gasteiger partial charge in [-0.3, -0.25) is 4.98 Å². The SMILES string of the molecule is CS(=O)(=O)N1C[C@@H]2OCCN(c3cnccn3)[C@@H]2C1. The average Bonchev–Trinajstić information content (AvgIpc) is 2.83. The van der Waals surface area contributed by atoms with Crippen LogP contribution in [-0.4, -0.2) is 67.3 Å². The van der Waals surface area contributed by atoms with E-state index >= 15 is 0 Å². The highest BCUT2D eigenvalue weighted by Gasteiger charge is 2.43. The van der Waals surface area contributed by atoms with Crippen molar-refractivity contribution in [2.24, 2.45) is 0 Å². The van der Waals surface area contributed by atoms with Crippen molar-refractivity contribution in [1.82, 2.24) is 14.3 Å². The zero-order valence-corrected chi connectivity index (χ0v) is 11.5. The highest BCUT2D eigenvalue weighted by atomic mass is 32.2. The Kier molecular flexibility index (Phi) is 3.15. The van der Waals surface area contributed by atoms with Crippen LogP contribution in [-0.2, 0) is 14.8 Å². The van der Waals surface area contributed by atoms with Gasteiger partial charge in [-0.25, -0.2) is 13.4 Å². The number of rotatable bonds is 2. The summed E-state index contributed by atoms with van der Waals surface area (Å²) in [6.45, 7) is 2.15. The number of nitrogens with zero attached hydrogens (tertiary/aromatic N) is 4. The fraction of sp³-hybridized carbons (Fsp3) is 0.636. The third-order valence-corrected chi connectivity index (χ3v) is 4.82. The summed E-state index contributed by atoms with van der Waals surface area (Å²) in [6, 6.07) is 0.0141. The van der Waals surface area contributed by atoms with Gasteiger partial charge in [0.2, 0.25) is 10.0 Å². The molecule has 2 fully saturated rings. The first-order chi connectivity index (χ1) is 9.05. The summed E-state index contributed by atoms with van der Waals surface area (Å²) in [4.78, 5) is 10.4. The first-order valence-electron chi connectivity index (χ1n) is 6.15. The van der Waals surface area contributed by atoms with E-state index in [1.807, 2.05) is 0 Å². The van der Waals surface area contributed by atoms with Gasteiger partial charge in [-0.1, -0.05) is 0 Å². The van der Waals surface area contributed by atoms with Crippen molar-refractivity contribution in [3.63, 3.8) is 0 Å². The van der Waals surface area contributed by atoms with Gasteiger partial charge >= 0.3 is 0 Å². The van der Waals surface area contributed by atoms with E-state index in [-0.39, 0.29) is 12.1 Å². The molecule has 1 aromatic rings. The van der Waals surface area contributed by atoms with E-state index in [1.165, 1.54) is 10.6 Å². The molecule has 7 nitrogen and oxygen atoms in total. The Morgan fingerprint density at radius 2 is 2.21 bits per heavy atom. The van der Waals surface area contributed by atoms with Crippen molar-refractivity contribution >= 4 is 15.8 Å². The zero-order chi connectivity index (χ0) is 13.5. The highest BCUT2D eigenvalue weighted by molar-refractivity contribution is 7.88. The van der Waals surface area contributed by atoms with Gasteiger partial charge in [0.15, 0.2) is 0 Å². The lowest BCUT2D eigenvalue weighted by atomic mass is 10.1. The van der Waals surface area contributed by atoms with Crippen molar-refractivity contribution in [3.8, 4) is 0 Å². The summed E-state index contributed by atoms with van der Waals surface area (Å²) in [5.74, 6) is 0.774. The zero-order valence-electron chi connectivity index (χ0n) is 10.6. The number of ether oxygens (including phenoxy) is 1. The van der Waals surface area contributed by atoms with Crippen molar-refractivity contribution in [1.29, 1.82) is 0 Å². The van der Waals surface area contributed by atoms with E-state index < -0.39 is 10.0 Å². The highest BCUT2D eigenvalue weighted by Crippen LogP contribution is 2.27. The van der Waals surface area contributed by atoms with Crippen LogP contribution in [0.4, 0.5) is 5.82 Å². The molecule has 2 saturated heterocycles. The van der Waals surface area contributed by atoms with E-state index in [1.54, 1.807) is 18.6 Å². The van der Waals surface area contributed by atoms with Crippen molar-refractivity contribution < 1.29 is 13.2 Å². The third kappa shape index (κ3) is 2.43. The Morgan fingerprint density at radius 3 is 2.89 bits per heavy atom. The number of fused-ring (bicyclic) bond motifs is 1. The monoisotopic (exact) mass is 284 g/mol. The number of morpholine rings is 1. The van der Waals surface area contributed by atoms with E-state index in [0.717, 1.165) is 5.82 Å². The largest absolute Gasteiger partial charge is 0.373 e. The summed E-state index contributed by atoms with van der Waals surface area (Å²) in [5, 5.41) is 0. The summed E-state index contributed by atoms with van der Waals surface area (Å²) in [6.07, 6.45) is 6.11. The predicted molar refractivity (Wildman–Crippen MR) is 69.3 cm³/mol. The molecule has 0 N–H and O–H groups in total. The minimum absolute atomic E-state index is 0.0141. The molecule has 0 aliphatic carbocycles. The summed E-state index contributed by atoms with van der Waals surface area (Å²) in [7, 11) is -3.18. The molecule has 0 radical (unpaired) electrons. The Balaban J connectivity index is 1.85. The molecule has 0 aromatic carbocycles. The molecule has 104 valence electrons. The first kappa shape index (κ1) is 12.8. The third-order valence-electron chi connectivity index (χ3n) is 3.58. The lowest BCUT2D eigenvalue weighted by molar-refractivity contribution is 0.0328. The van der Waals surface area contributed by atoms with E-state index in [0.29, 0.717) is 26.2 Å². The predicted octanol–water partition coefficient (Wildman–Crippen LogP) is -0.674. The standard InChI is InChI=1S/C11H16N4O3S/c1-19(16,17)14-7-9-10(8-14)18-5-4-15(9)11-6-12-2-3-13-11/h2-3,6,9-10H,4-5,7-8H2,1H3/t9-,10+/m1/s1. The van der Waals surface area contributed by atoms with Crippen LogP contribution in [0.1, 0.15) is 0 Å². The summed E-state index contributed by atoms with van der Waals surface area (Å²) in [5.41, 5.74) is 0. The number of hydrogen-bond donors (Lipinski definition) is 0. The second-order valence-electron chi connectivity index (χ2n) is 4.81. The number of sulfonamides is 1. The number of anilines is 1. The van der Waals surface area contributed by atoms with Crippen molar-refractivity contribution in [2.75, 3.05) is 37.4 Å². The normalized spacial score (nSPS) is 28.4. The van der Waals surface area contributed by atoms with Gasteiger partial charge in [-0.05, 0) is 0 Å². The lowest BCUT2D eigenvalue weighted by Crippen LogP contribution is -2.51. The Bertz CT molecular complexity index is 550. The molecule has 3 rings (SSSR count). The Hall–Kier alpha value is -1.25. The van der Waals surface area contributed by atoms with Crippen LogP contribution in [0.15, 0.2) is 18.6 Å². The molecule has 2 aliphatic rings. The topological polar surface area (TPSA) is 75.6 Å². The van der Waals surface area contributed by atoms with Gasteiger partial charge in [0.25, 0.3) is 0 Å². The van der Waals surface area contributed by atoms with Crippen molar-refractivity contribution in [2.45, 2.75) is 12.1 Å². The number of aromatic nitrogens is 2. The van der Waals surface area contributed by atoms with E-state index in [4.69, 9.17) is 4.74 Å². The van der Waals surface area contributed by atoms with Crippen molar-refractivity contribution in [3.05, 3.63) is 18.6 Å². The molecule has 8 heteroatoms. The smallest absolute Gasteiger partial charge is 0.211 e. The molecule has 0 saturated carbocycles. The lowest BCUT2D eigenvalue weighted by Gasteiger charge is -2.37. The molecule has 0 bridgehead atoms. The van der Waals surface area contributed by atoms with Gasteiger partial charge in [-0.15, -0.1) is 0 Å². The van der Waals surface area contributed by atoms with Gasteiger partial charge in [0.05, 0.1) is 31.2 Å². The minimum Gasteiger partial charge on any atom is -0.373 e.